The lowest BCUT2D eigenvalue weighted by Gasteiger charge is -2.03. The van der Waals surface area contributed by atoms with Gasteiger partial charge in [-0.3, -0.25) is 0 Å². The predicted octanol–water partition coefficient (Wildman–Crippen LogP) is 2.87. The van der Waals surface area contributed by atoms with Gasteiger partial charge in [-0.1, -0.05) is 19.8 Å². The zero-order chi connectivity index (χ0) is 12.3. The minimum absolute atomic E-state index is 0.645. The number of H-pyrrole nitrogens is 1. The molecule has 0 aliphatic carbocycles. The van der Waals surface area contributed by atoms with E-state index in [0.717, 1.165) is 35.4 Å². The lowest BCUT2D eigenvalue weighted by Crippen LogP contribution is -1.98. The third kappa shape index (κ3) is 2.28. The highest BCUT2D eigenvalue weighted by atomic mass is 14.9. The Balaban J connectivity index is 2.44. The predicted molar refractivity (Wildman–Crippen MR) is 66.6 cm³/mol. The molecule has 17 heavy (non-hydrogen) atoms. The average Bonchev–Trinajstić information content (AvgIpc) is 2.72. The van der Waals surface area contributed by atoms with Crippen LogP contribution in [0.1, 0.15) is 43.3 Å². The van der Waals surface area contributed by atoms with Crippen LogP contribution in [0.5, 0.6) is 0 Å². The van der Waals surface area contributed by atoms with Crippen LogP contribution in [0, 0.1) is 18.3 Å². The second-order valence-corrected chi connectivity index (χ2v) is 4.21. The van der Waals surface area contributed by atoms with Crippen molar-refractivity contribution in [1.82, 2.24) is 15.0 Å². The van der Waals surface area contributed by atoms with Gasteiger partial charge in [0.1, 0.15) is 17.5 Å². The molecule has 0 fully saturated rings. The van der Waals surface area contributed by atoms with Crippen molar-refractivity contribution >= 4 is 11.0 Å². The zero-order valence-corrected chi connectivity index (χ0v) is 10.2. The van der Waals surface area contributed by atoms with Crippen LogP contribution < -0.4 is 0 Å². The van der Waals surface area contributed by atoms with Gasteiger partial charge in [-0.05, 0) is 19.8 Å². The number of rotatable bonds is 4. The number of fused-ring (bicyclic) bond motifs is 1. The number of aryl methyl sites for hydroxylation is 2. The van der Waals surface area contributed by atoms with Gasteiger partial charge in [0.2, 0.25) is 0 Å². The molecule has 0 aliphatic rings. The van der Waals surface area contributed by atoms with E-state index in [9.17, 15) is 0 Å². The van der Waals surface area contributed by atoms with Gasteiger partial charge in [-0.25, -0.2) is 9.97 Å². The maximum atomic E-state index is 9.06. The highest BCUT2D eigenvalue weighted by molar-refractivity contribution is 5.84. The van der Waals surface area contributed by atoms with Gasteiger partial charge in [0.15, 0.2) is 0 Å². The molecule has 2 rings (SSSR count). The Bertz CT molecular complexity index is 563. The summed E-state index contributed by atoms with van der Waals surface area (Å²) in [5, 5.41) is 9.96. The highest BCUT2D eigenvalue weighted by Gasteiger charge is 2.11. The number of nitriles is 1. The Hall–Kier alpha value is -1.89. The number of unbranched alkanes of at least 4 members (excludes halogenated alkanes) is 2. The van der Waals surface area contributed by atoms with E-state index in [-0.39, 0.29) is 0 Å². The van der Waals surface area contributed by atoms with Crippen LogP contribution in [-0.4, -0.2) is 15.0 Å². The molecule has 0 amide bonds. The summed E-state index contributed by atoms with van der Waals surface area (Å²) in [6.45, 7) is 4.06. The fourth-order valence-corrected chi connectivity index (χ4v) is 2.04. The molecule has 0 spiro atoms. The van der Waals surface area contributed by atoms with Gasteiger partial charge < -0.3 is 4.98 Å². The summed E-state index contributed by atoms with van der Waals surface area (Å²) in [6.07, 6.45) is 6.11. The van der Waals surface area contributed by atoms with Crippen LogP contribution in [0.25, 0.3) is 11.0 Å². The number of hydrogen-bond donors (Lipinski definition) is 1. The van der Waals surface area contributed by atoms with E-state index in [1.165, 1.54) is 12.8 Å². The molecule has 0 radical (unpaired) electrons. The van der Waals surface area contributed by atoms with E-state index in [1.54, 1.807) is 6.20 Å². The SMILES string of the molecule is CCCCCc1nc(C)nc2[nH]cc(C#N)c12. The molecule has 0 atom stereocenters. The van der Waals surface area contributed by atoms with Crippen LogP contribution in [0.2, 0.25) is 0 Å². The van der Waals surface area contributed by atoms with Crippen molar-refractivity contribution in [1.29, 1.82) is 5.26 Å². The van der Waals surface area contributed by atoms with Crippen molar-refractivity contribution in [3.8, 4) is 6.07 Å². The van der Waals surface area contributed by atoms with Crippen LogP contribution in [0.15, 0.2) is 6.20 Å². The summed E-state index contributed by atoms with van der Waals surface area (Å²) in [4.78, 5) is 11.8. The number of hydrogen-bond acceptors (Lipinski definition) is 3. The summed E-state index contributed by atoms with van der Waals surface area (Å²) < 4.78 is 0. The molecule has 0 saturated carbocycles. The van der Waals surface area contributed by atoms with Crippen molar-refractivity contribution < 1.29 is 0 Å². The molecule has 88 valence electrons. The van der Waals surface area contributed by atoms with Crippen molar-refractivity contribution in [3.05, 3.63) is 23.3 Å². The van der Waals surface area contributed by atoms with Gasteiger partial charge in [0.05, 0.1) is 16.6 Å². The molecule has 0 aliphatic heterocycles. The monoisotopic (exact) mass is 228 g/mol. The molecule has 2 aromatic heterocycles. The molecule has 2 heterocycles. The first-order valence-corrected chi connectivity index (χ1v) is 6.01. The minimum atomic E-state index is 0.645. The smallest absolute Gasteiger partial charge is 0.142 e. The quantitative estimate of drug-likeness (QED) is 0.818. The Morgan fingerprint density at radius 2 is 2.18 bits per heavy atom. The normalized spacial score (nSPS) is 10.6. The molecular formula is C13H16N4. The molecule has 0 saturated heterocycles. The summed E-state index contributed by atoms with van der Waals surface area (Å²) >= 11 is 0. The number of nitrogens with zero attached hydrogens (tertiary/aromatic N) is 3. The van der Waals surface area contributed by atoms with E-state index in [2.05, 4.69) is 27.9 Å². The number of aromatic amines is 1. The Labute approximate surface area is 101 Å². The largest absolute Gasteiger partial charge is 0.345 e. The second-order valence-electron chi connectivity index (χ2n) is 4.21. The van der Waals surface area contributed by atoms with Crippen LogP contribution in [-0.2, 0) is 6.42 Å². The Kier molecular flexibility index (Phi) is 3.38. The molecule has 4 heteroatoms. The highest BCUT2D eigenvalue weighted by Crippen LogP contribution is 2.21. The maximum absolute atomic E-state index is 9.06. The lowest BCUT2D eigenvalue weighted by atomic mass is 10.1. The summed E-state index contributed by atoms with van der Waals surface area (Å²) in [5.74, 6) is 0.760. The van der Waals surface area contributed by atoms with E-state index in [1.807, 2.05) is 6.92 Å². The average molecular weight is 228 g/mol. The summed E-state index contributed by atoms with van der Waals surface area (Å²) in [6, 6.07) is 2.19. The topological polar surface area (TPSA) is 65.4 Å². The molecule has 0 bridgehead atoms. The van der Waals surface area contributed by atoms with Crippen molar-refractivity contribution in [2.24, 2.45) is 0 Å². The van der Waals surface area contributed by atoms with Gasteiger partial charge in [-0.2, -0.15) is 5.26 Å². The molecule has 0 aromatic carbocycles. The van der Waals surface area contributed by atoms with Crippen LogP contribution in [0.3, 0.4) is 0 Å². The van der Waals surface area contributed by atoms with Crippen LogP contribution in [0.4, 0.5) is 0 Å². The minimum Gasteiger partial charge on any atom is -0.345 e. The standard InChI is InChI=1S/C13H16N4/c1-3-4-5-6-11-12-10(7-14)8-15-13(12)17-9(2)16-11/h8H,3-6H2,1-2H3,(H,15,16,17). The van der Waals surface area contributed by atoms with Crippen molar-refractivity contribution in [3.63, 3.8) is 0 Å². The molecule has 0 unspecified atom stereocenters. The lowest BCUT2D eigenvalue weighted by molar-refractivity contribution is 0.707. The summed E-state index contributed by atoms with van der Waals surface area (Å²) in [7, 11) is 0. The van der Waals surface area contributed by atoms with E-state index < -0.39 is 0 Å². The second kappa shape index (κ2) is 4.96. The molecule has 4 nitrogen and oxygen atoms in total. The maximum Gasteiger partial charge on any atom is 0.142 e. The zero-order valence-electron chi connectivity index (χ0n) is 10.2. The first kappa shape index (κ1) is 11.6. The first-order chi connectivity index (χ1) is 8.26. The molecular weight excluding hydrogens is 212 g/mol. The first-order valence-electron chi connectivity index (χ1n) is 6.01. The van der Waals surface area contributed by atoms with Crippen molar-refractivity contribution in [2.45, 2.75) is 39.5 Å². The fraction of sp³-hybridized carbons (Fsp3) is 0.462. The van der Waals surface area contributed by atoms with Crippen LogP contribution >= 0.6 is 0 Å². The van der Waals surface area contributed by atoms with Crippen molar-refractivity contribution in [2.75, 3.05) is 0 Å². The fourth-order valence-electron chi connectivity index (χ4n) is 2.04. The molecule has 2 aromatic rings. The van der Waals surface area contributed by atoms with Gasteiger partial charge in [-0.15, -0.1) is 0 Å². The van der Waals surface area contributed by atoms with E-state index in [0.29, 0.717) is 5.56 Å². The van der Waals surface area contributed by atoms with Gasteiger partial charge >= 0.3 is 0 Å². The third-order valence-electron chi connectivity index (χ3n) is 2.86. The number of nitrogens with one attached hydrogen (secondary N) is 1. The van der Waals surface area contributed by atoms with E-state index in [4.69, 9.17) is 5.26 Å². The number of aromatic nitrogens is 3. The third-order valence-corrected chi connectivity index (χ3v) is 2.86. The van der Waals surface area contributed by atoms with Gasteiger partial charge in [0, 0.05) is 6.20 Å². The van der Waals surface area contributed by atoms with E-state index >= 15 is 0 Å². The van der Waals surface area contributed by atoms with Gasteiger partial charge in [0.25, 0.3) is 0 Å². The summed E-state index contributed by atoms with van der Waals surface area (Å²) in [5.41, 5.74) is 2.42. The molecule has 1 N–H and O–H groups in total. The Morgan fingerprint density at radius 1 is 1.35 bits per heavy atom. The Morgan fingerprint density at radius 3 is 2.88 bits per heavy atom.